The van der Waals surface area contributed by atoms with Gasteiger partial charge in [0.2, 0.25) is 5.91 Å². The molecule has 1 aliphatic carbocycles. The number of carbonyl (C=O) groups is 2. The van der Waals surface area contributed by atoms with Crippen LogP contribution in [0.5, 0.6) is 5.75 Å². The zero-order valence-electron chi connectivity index (χ0n) is 17.2. The van der Waals surface area contributed by atoms with Crippen molar-refractivity contribution in [3.63, 3.8) is 0 Å². The second-order valence-corrected chi connectivity index (χ2v) is 8.95. The van der Waals surface area contributed by atoms with Gasteiger partial charge in [-0.25, -0.2) is 4.79 Å². The lowest BCUT2D eigenvalue weighted by Crippen LogP contribution is -2.56. The smallest absolute Gasteiger partial charge is 0.410 e. The van der Waals surface area contributed by atoms with Gasteiger partial charge in [-0.2, -0.15) is 0 Å². The summed E-state index contributed by atoms with van der Waals surface area (Å²) >= 11 is 0. The van der Waals surface area contributed by atoms with Crippen LogP contribution < -0.4 is 0 Å². The summed E-state index contributed by atoms with van der Waals surface area (Å²) in [6.07, 6.45) is 4.46. The van der Waals surface area contributed by atoms with Crippen molar-refractivity contribution in [2.75, 3.05) is 26.2 Å². The number of phenols is 1. The molecule has 6 heteroatoms. The third-order valence-electron chi connectivity index (χ3n) is 5.73. The van der Waals surface area contributed by atoms with Crippen molar-refractivity contribution in [3.05, 3.63) is 29.8 Å². The number of amides is 2. The van der Waals surface area contributed by atoms with Crippen molar-refractivity contribution >= 4 is 12.0 Å². The molecule has 0 unspecified atom stereocenters. The first-order chi connectivity index (χ1) is 13.2. The number of phenolic OH excluding ortho intramolecular Hbond substituents is 1. The highest BCUT2D eigenvalue weighted by molar-refractivity contribution is 5.89. The summed E-state index contributed by atoms with van der Waals surface area (Å²) in [6.45, 7) is 7.55. The van der Waals surface area contributed by atoms with Crippen LogP contribution in [0.4, 0.5) is 4.79 Å². The summed E-state index contributed by atoms with van der Waals surface area (Å²) < 4.78 is 5.45. The fourth-order valence-electron chi connectivity index (χ4n) is 4.31. The molecule has 2 fully saturated rings. The van der Waals surface area contributed by atoms with E-state index in [1.54, 1.807) is 17.0 Å². The number of carbonyl (C=O) groups excluding carboxylic acids is 2. The molecular weight excluding hydrogens is 356 g/mol. The molecule has 1 saturated carbocycles. The van der Waals surface area contributed by atoms with Crippen LogP contribution in [-0.2, 0) is 14.9 Å². The highest BCUT2D eigenvalue weighted by Gasteiger charge is 2.44. The Bertz CT molecular complexity index is 711. The van der Waals surface area contributed by atoms with E-state index in [1.807, 2.05) is 37.8 Å². The van der Waals surface area contributed by atoms with E-state index in [9.17, 15) is 14.7 Å². The second kappa shape index (κ2) is 8.02. The SMILES string of the molecule is CC(C)(C)OC(=O)N1CCN(C(=O)C2(c3cccc(O)c3)CCCCC2)CC1. The maximum atomic E-state index is 13.6. The van der Waals surface area contributed by atoms with E-state index in [1.165, 1.54) is 0 Å². The molecule has 2 amide bonds. The molecule has 1 aromatic rings. The van der Waals surface area contributed by atoms with Crippen LogP contribution in [-0.4, -0.2) is 58.7 Å². The Morgan fingerprint density at radius 1 is 1.00 bits per heavy atom. The average molecular weight is 389 g/mol. The Morgan fingerprint density at radius 2 is 1.61 bits per heavy atom. The molecule has 0 spiro atoms. The van der Waals surface area contributed by atoms with Gasteiger partial charge in [0, 0.05) is 26.2 Å². The molecule has 154 valence electrons. The van der Waals surface area contributed by atoms with Crippen molar-refractivity contribution in [2.45, 2.75) is 63.9 Å². The fraction of sp³-hybridized carbons (Fsp3) is 0.636. The van der Waals surface area contributed by atoms with Crippen molar-refractivity contribution in [3.8, 4) is 5.75 Å². The van der Waals surface area contributed by atoms with Gasteiger partial charge in [0.1, 0.15) is 11.4 Å². The van der Waals surface area contributed by atoms with Gasteiger partial charge in [-0.05, 0) is 51.3 Å². The Morgan fingerprint density at radius 3 is 2.18 bits per heavy atom. The van der Waals surface area contributed by atoms with E-state index in [0.717, 1.165) is 37.7 Å². The molecule has 1 aliphatic heterocycles. The Hall–Kier alpha value is -2.24. The highest BCUT2D eigenvalue weighted by Crippen LogP contribution is 2.42. The molecular formula is C22H32N2O4. The number of hydrogen-bond acceptors (Lipinski definition) is 4. The molecule has 0 atom stereocenters. The number of ether oxygens (including phenoxy) is 1. The quantitative estimate of drug-likeness (QED) is 0.839. The van der Waals surface area contributed by atoms with Crippen LogP contribution in [0.1, 0.15) is 58.4 Å². The number of aromatic hydroxyl groups is 1. The standard InChI is InChI=1S/C22H32N2O4/c1-21(2,3)28-20(27)24-14-12-23(13-15-24)19(26)22(10-5-4-6-11-22)17-8-7-9-18(25)16-17/h7-9,16,25H,4-6,10-15H2,1-3H3. The van der Waals surface area contributed by atoms with Crippen LogP contribution in [0.2, 0.25) is 0 Å². The predicted molar refractivity (Wildman–Crippen MR) is 107 cm³/mol. The molecule has 1 heterocycles. The summed E-state index contributed by atoms with van der Waals surface area (Å²) in [5.74, 6) is 0.326. The van der Waals surface area contributed by atoms with Crippen molar-refractivity contribution in [1.29, 1.82) is 0 Å². The minimum absolute atomic E-state index is 0.127. The van der Waals surface area contributed by atoms with Crippen LogP contribution in [0, 0.1) is 0 Å². The van der Waals surface area contributed by atoms with Crippen LogP contribution in [0.3, 0.4) is 0 Å². The summed E-state index contributed by atoms with van der Waals surface area (Å²) in [5.41, 5.74) is -0.178. The van der Waals surface area contributed by atoms with Gasteiger partial charge < -0.3 is 19.6 Å². The van der Waals surface area contributed by atoms with E-state index in [2.05, 4.69) is 0 Å². The van der Waals surface area contributed by atoms with E-state index in [4.69, 9.17) is 4.74 Å². The first kappa shape index (κ1) is 20.5. The topological polar surface area (TPSA) is 70.1 Å². The van der Waals surface area contributed by atoms with E-state index in [-0.39, 0.29) is 17.7 Å². The van der Waals surface area contributed by atoms with E-state index >= 15 is 0 Å². The Kier molecular flexibility index (Phi) is 5.87. The summed E-state index contributed by atoms with van der Waals surface area (Å²) in [5, 5.41) is 9.96. The van der Waals surface area contributed by atoms with Crippen molar-refractivity contribution in [1.82, 2.24) is 9.80 Å². The van der Waals surface area contributed by atoms with Gasteiger partial charge in [-0.15, -0.1) is 0 Å². The molecule has 28 heavy (non-hydrogen) atoms. The number of rotatable bonds is 2. The minimum Gasteiger partial charge on any atom is -0.508 e. The molecule has 0 bridgehead atoms. The normalized spacial score (nSPS) is 20.0. The van der Waals surface area contributed by atoms with Gasteiger partial charge in [0.25, 0.3) is 0 Å². The van der Waals surface area contributed by atoms with Crippen molar-refractivity contribution in [2.24, 2.45) is 0 Å². The number of hydrogen-bond donors (Lipinski definition) is 1. The number of piperazine rings is 1. The highest BCUT2D eigenvalue weighted by atomic mass is 16.6. The maximum Gasteiger partial charge on any atom is 0.410 e. The van der Waals surface area contributed by atoms with Gasteiger partial charge in [0.05, 0.1) is 5.41 Å². The summed E-state index contributed by atoms with van der Waals surface area (Å²) in [6, 6.07) is 7.15. The third kappa shape index (κ3) is 4.42. The Balaban J connectivity index is 1.72. The summed E-state index contributed by atoms with van der Waals surface area (Å²) in [4.78, 5) is 29.5. The van der Waals surface area contributed by atoms with E-state index < -0.39 is 11.0 Å². The summed E-state index contributed by atoms with van der Waals surface area (Å²) in [7, 11) is 0. The molecule has 1 N–H and O–H groups in total. The largest absolute Gasteiger partial charge is 0.508 e. The lowest BCUT2D eigenvalue weighted by Gasteiger charge is -2.43. The first-order valence-electron chi connectivity index (χ1n) is 10.3. The van der Waals surface area contributed by atoms with Gasteiger partial charge in [-0.1, -0.05) is 31.4 Å². The zero-order valence-corrected chi connectivity index (χ0v) is 17.2. The molecule has 1 aromatic carbocycles. The maximum absolute atomic E-state index is 13.6. The Labute approximate surface area is 167 Å². The second-order valence-electron chi connectivity index (χ2n) is 8.95. The molecule has 2 aliphatic rings. The first-order valence-corrected chi connectivity index (χ1v) is 10.3. The molecule has 0 aromatic heterocycles. The van der Waals surface area contributed by atoms with Gasteiger partial charge in [-0.3, -0.25) is 4.79 Å². The average Bonchev–Trinajstić information content (AvgIpc) is 2.67. The lowest BCUT2D eigenvalue weighted by atomic mass is 9.68. The zero-order chi connectivity index (χ0) is 20.4. The molecule has 1 saturated heterocycles. The lowest BCUT2D eigenvalue weighted by molar-refractivity contribution is -0.140. The number of benzene rings is 1. The third-order valence-corrected chi connectivity index (χ3v) is 5.73. The van der Waals surface area contributed by atoms with Crippen LogP contribution >= 0.6 is 0 Å². The van der Waals surface area contributed by atoms with Crippen molar-refractivity contribution < 1.29 is 19.4 Å². The molecule has 3 rings (SSSR count). The van der Waals surface area contributed by atoms with E-state index in [0.29, 0.717) is 26.2 Å². The van der Waals surface area contributed by atoms with Gasteiger partial charge in [0.15, 0.2) is 0 Å². The van der Waals surface area contributed by atoms with Crippen LogP contribution in [0.25, 0.3) is 0 Å². The van der Waals surface area contributed by atoms with Gasteiger partial charge >= 0.3 is 6.09 Å². The number of nitrogens with zero attached hydrogens (tertiary/aromatic N) is 2. The van der Waals surface area contributed by atoms with Crippen LogP contribution in [0.15, 0.2) is 24.3 Å². The molecule has 6 nitrogen and oxygen atoms in total. The monoisotopic (exact) mass is 388 g/mol. The minimum atomic E-state index is -0.564. The fourth-order valence-corrected chi connectivity index (χ4v) is 4.31. The predicted octanol–water partition coefficient (Wildman–Crippen LogP) is 3.67. The molecule has 0 radical (unpaired) electrons.